The molecule has 0 spiro atoms. The van der Waals surface area contributed by atoms with Gasteiger partial charge in [-0.15, -0.1) is 28.2 Å². The van der Waals surface area contributed by atoms with E-state index >= 15 is 0 Å². The molecule has 1 amide bonds. The number of hydrogen-bond donors (Lipinski definition) is 2. The van der Waals surface area contributed by atoms with E-state index in [0.717, 1.165) is 15.2 Å². The number of amides is 1. The number of hydrogen-bond acceptors (Lipinski definition) is 7. The van der Waals surface area contributed by atoms with Gasteiger partial charge in [0.15, 0.2) is 0 Å². The smallest absolute Gasteiger partial charge is 0.230 e. The van der Waals surface area contributed by atoms with Gasteiger partial charge in [0.2, 0.25) is 5.91 Å². The van der Waals surface area contributed by atoms with Gasteiger partial charge in [-0.25, -0.2) is 9.67 Å². The van der Waals surface area contributed by atoms with Crippen molar-refractivity contribution in [3.05, 3.63) is 53.5 Å². The number of nitrogens with one attached hydrogen (secondary N) is 1. The average molecular weight is 390 g/mol. The first kappa shape index (κ1) is 18.4. The standard InChI is InChI=1S/C17H19N5O2S2/c1-11(23)7-22-8-14(20-21-22)12(2)18-16(24)9-25-10-17-19-13-5-3-4-6-15(13)26-17/h3-6,8,12,23H,1,7,9-10H2,2H3,(H,18,24). The highest BCUT2D eigenvalue weighted by molar-refractivity contribution is 7.99. The topological polar surface area (TPSA) is 92.9 Å². The van der Waals surface area contributed by atoms with Crippen molar-refractivity contribution in [3.63, 3.8) is 0 Å². The number of para-hydroxylation sites is 1. The lowest BCUT2D eigenvalue weighted by atomic mass is 10.2. The van der Waals surface area contributed by atoms with E-state index in [1.807, 2.05) is 25.1 Å². The summed E-state index contributed by atoms with van der Waals surface area (Å²) in [4.78, 5) is 16.7. The molecule has 0 radical (unpaired) electrons. The van der Waals surface area contributed by atoms with Crippen LogP contribution in [0, 0.1) is 0 Å². The minimum absolute atomic E-state index is 0.00406. The van der Waals surface area contributed by atoms with Crippen molar-refractivity contribution in [2.24, 2.45) is 0 Å². The van der Waals surface area contributed by atoms with Gasteiger partial charge in [0.25, 0.3) is 0 Å². The molecule has 0 aliphatic heterocycles. The van der Waals surface area contributed by atoms with Gasteiger partial charge in [0.1, 0.15) is 16.5 Å². The van der Waals surface area contributed by atoms with Crippen LogP contribution >= 0.6 is 23.1 Å². The molecule has 2 heterocycles. The maximum atomic E-state index is 12.1. The van der Waals surface area contributed by atoms with E-state index in [-0.39, 0.29) is 24.3 Å². The second-order valence-electron chi connectivity index (χ2n) is 5.76. The first-order chi connectivity index (χ1) is 12.5. The molecule has 26 heavy (non-hydrogen) atoms. The number of aromatic nitrogens is 4. The number of fused-ring (bicyclic) bond motifs is 1. The Kier molecular flexibility index (Phi) is 5.89. The number of nitrogens with zero attached hydrogens (tertiary/aromatic N) is 4. The summed E-state index contributed by atoms with van der Waals surface area (Å²) in [7, 11) is 0. The summed E-state index contributed by atoms with van der Waals surface area (Å²) < 4.78 is 2.64. The summed E-state index contributed by atoms with van der Waals surface area (Å²) in [5, 5.41) is 21.0. The number of rotatable bonds is 8. The number of carbonyl (C=O) groups is 1. The van der Waals surface area contributed by atoms with Crippen molar-refractivity contribution in [2.45, 2.75) is 25.3 Å². The number of allylic oxidation sites excluding steroid dienone is 1. The molecular weight excluding hydrogens is 370 g/mol. The molecular formula is C17H19N5O2S2. The predicted molar refractivity (Wildman–Crippen MR) is 104 cm³/mol. The first-order valence-electron chi connectivity index (χ1n) is 7.99. The highest BCUT2D eigenvalue weighted by atomic mass is 32.2. The Morgan fingerprint density at radius 3 is 3.04 bits per heavy atom. The molecule has 2 N–H and O–H groups in total. The fraction of sp³-hybridized carbons (Fsp3) is 0.294. The summed E-state index contributed by atoms with van der Waals surface area (Å²) in [6.45, 7) is 5.45. The second-order valence-corrected chi connectivity index (χ2v) is 7.87. The van der Waals surface area contributed by atoms with Gasteiger partial charge in [-0.05, 0) is 19.1 Å². The van der Waals surface area contributed by atoms with E-state index in [0.29, 0.717) is 17.2 Å². The number of thioether (sulfide) groups is 1. The molecule has 2 aromatic heterocycles. The SMILES string of the molecule is C=C(O)Cn1cc(C(C)NC(=O)CSCc2nc3ccccc3s2)nn1. The van der Waals surface area contributed by atoms with E-state index in [9.17, 15) is 9.90 Å². The quantitative estimate of drug-likeness (QED) is 0.575. The zero-order valence-corrected chi connectivity index (χ0v) is 15.9. The number of aliphatic hydroxyl groups is 1. The predicted octanol–water partition coefficient (Wildman–Crippen LogP) is 3.07. The van der Waals surface area contributed by atoms with Crippen LogP contribution in [0.25, 0.3) is 10.2 Å². The summed E-state index contributed by atoms with van der Waals surface area (Å²) in [5.41, 5.74) is 1.63. The van der Waals surface area contributed by atoms with Gasteiger partial charge >= 0.3 is 0 Å². The van der Waals surface area contributed by atoms with Crippen molar-refractivity contribution in [3.8, 4) is 0 Å². The van der Waals surface area contributed by atoms with E-state index < -0.39 is 0 Å². The van der Waals surface area contributed by atoms with Crippen LogP contribution in [0.5, 0.6) is 0 Å². The monoisotopic (exact) mass is 389 g/mol. The minimum Gasteiger partial charge on any atom is -0.511 e. The Bertz CT molecular complexity index is 888. The van der Waals surface area contributed by atoms with Crippen LogP contribution in [0.15, 0.2) is 42.8 Å². The van der Waals surface area contributed by atoms with E-state index in [1.54, 1.807) is 17.5 Å². The van der Waals surface area contributed by atoms with Gasteiger partial charge in [-0.1, -0.05) is 23.9 Å². The largest absolute Gasteiger partial charge is 0.511 e. The Balaban J connectivity index is 1.46. The molecule has 7 nitrogen and oxygen atoms in total. The molecule has 136 valence electrons. The number of thiazole rings is 1. The van der Waals surface area contributed by atoms with E-state index in [1.165, 1.54) is 16.4 Å². The van der Waals surface area contributed by atoms with E-state index in [4.69, 9.17) is 0 Å². The molecule has 0 bridgehead atoms. The van der Waals surface area contributed by atoms with Gasteiger partial charge < -0.3 is 10.4 Å². The van der Waals surface area contributed by atoms with Crippen molar-refractivity contribution >= 4 is 39.2 Å². The van der Waals surface area contributed by atoms with Crippen molar-refractivity contribution in [1.82, 2.24) is 25.3 Å². The molecule has 0 saturated heterocycles. The van der Waals surface area contributed by atoms with Crippen LogP contribution in [-0.4, -0.2) is 36.7 Å². The van der Waals surface area contributed by atoms with Crippen LogP contribution < -0.4 is 5.32 Å². The maximum absolute atomic E-state index is 12.1. The molecule has 0 fully saturated rings. The first-order valence-corrected chi connectivity index (χ1v) is 9.96. The van der Waals surface area contributed by atoms with E-state index in [2.05, 4.69) is 33.3 Å². The normalized spacial score (nSPS) is 12.2. The average Bonchev–Trinajstić information content (AvgIpc) is 3.20. The van der Waals surface area contributed by atoms with Crippen molar-refractivity contribution in [2.75, 3.05) is 5.75 Å². The Morgan fingerprint density at radius 1 is 1.46 bits per heavy atom. The lowest BCUT2D eigenvalue weighted by molar-refractivity contribution is -0.119. The molecule has 3 aromatic rings. The van der Waals surface area contributed by atoms with Gasteiger partial charge in [-0.3, -0.25) is 4.79 Å². The van der Waals surface area contributed by atoms with Crippen LogP contribution in [-0.2, 0) is 17.1 Å². The highest BCUT2D eigenvalue weighted by Crippen LogP contribution is 2.24. The molecule has 1 unspecified atom stereocenters. The van der Waals surface area contributed by atoms with Crippen LogP contribution in [0.4, 0.5) is 0 Å². The molecule has 0 saturated carbocycles. The number of benzene rings is 1. The summed E-state index contributed by atoms with van der Waals surface area (Å²) in [6.07, 6.45) is 1.68. The number of aliphatic hydroxyl groups excluding tert-OH is 1. The Morgan fingerprint density at radius 2 is 2.27 bits per heavy atom. The van der Waals surface area contributed by atoms with Crippen LogP contribution in [0.1, 0.15) is 23.7 Å². The van der Waals surface area contributed by atoms with Crippen molar-refractivity contribution in [1.29, 1.82) is 0 Å². The molecule has 1 atom stereocenters. The van der Waals surface area contributed by atoms with Gasteiger partial charge in [-0.2, -0.15) is 0 Å². The summed E-state index contributed by atoms with van der Waals surface area (Å²) in [6, 6.07) is 7.76. The van der Waals surface area contributed by atoms with Crippen molar-refractivity contribution < 1.29 is 9.90 Å². The fourth-order valence-corrected chi connectivity index (χ4v) is 4.20. The summed E-state index contributed by atoms with van der Waals surface area (Å²) >= 11 is 3.19. The number of carbonyl (C=O) groups excluding carboxylic acids is 1. The summed E-state index contributed by atoms with van der Waals surface area (Å²) in [5.74, 6) is 0.992. The Labute approximate surface area is 159 Å². The lowest BCUT2D eigenvalue weighted by Gasteiger charge is -2.10. The van der Waals surface area contributed by atoms with Crippen LogP contribution in [0.3, 0.4) is 0 Å². The Hall–Kier alpha value is -2.39. The zero-order chi connectivity index (χ0) is 18.5. The minimum atomic E-state index is -0.258. The highest BCUT2D eigenvalue weighted by Gasteiger charge is 2.14. The molecule has 3 rings (SSSR count). The third-order valence-corrected chi connectivity index (χ3v) is 5.68. The second kappa shape index (κ2) is 8.33. The van der Waals surface area contributed by atoms with Gasteiger partial charge in [0.05, 0.1) is 34.8 Å². The lowest BCUT2D eigenvalue weighted by Crippen LogP contribution is -2.28. The third kappa shape index (κ3) is 4.83. The molecule has 9 heteroatoms. The fourth-order valence-electron chi connectivity index (χ4n) is 2.35. The molecule has 0 aliphatic carbocycles. The van der Waals surface area contributed by atoms with Gasteiger partial charge in [0, 0.05) is 5.75 Å². The zero-order valence-electron chi connectivity index (χ0n) is 14.3. The molecule has 1 aromatic carbocycles. The molecule has 0 aliphatic rings. The maximum Gasteiger partial charge on any atom is 0.230 e. The van der Waals surface area contributed by atoms with Crippen LogP contribution in [0.2, 0.25) is 0 Å². The third-order valence-electron chi connectivity index (χ3n) is 3.52.